The number of carbonyl (C=O) groups excluding carboxylic acids is 2. The van der Waals surface area contributed by atoms with Crippen LogP contribution in [0.3, 0.4) is 0 Å². The number of aliphatic hydroxyl groups excluding tert-OH is 1. The van der Waals surface area contributed by atoms with Crippen LogP contribution in [-0.2, 0) is 28.9 Å². The largest absolute Gasteiger partial charge is 0.445 e. The third-order valence-corrected chi connectivity index (χ3v) is 5.81. The molecule has 0 aliphatic carbocycles. The minimum absolute atomic E-state index is 0.0577. The van der Waals surface area contributed by atoms with Crippen LogP contribution in [0.15, 0.2) is 91.0 Å². The van der Waals surface area contributed by atoms with Gasteiger partial charge in [-0.15, -0.1) is 0 Å². The number of rotatable bonds is 11. The Balaban J connectivity index is 1.83. The van der Waals surface area contributed by atoms with Crippen LogP contribution in [0.5, 0.6) is 0 Å². The number of hydrogen-bond acceptors (Lipinski definition) is 6. The monoisotopic (exact) mass is 519 g/mol. The van der Waals surface area contributed by atoms with Crippen molar-refractivity contribution in [3.8, 4) is 0 Å². The van der Waals surface area contributed by atoms with Gasteiger partial charge in [-0.2, -0.15) is 0 Å². The van der Waals surface area contributed by atoms with E-state index in [1.807, 2.05) is 91.0 Å². The van der Waals surface area contributed by atoms with Crippen LogP contribution < -0.4 is 16.2 Å². The second-order valence-corrected chi connectivity index (χ2v) is 10.2. The van der Waals surface area contributed by atoms with Gasteiger partial charge in [0.25, 0.3) is 0 Å². The maximum Gasteiger partial charge on any atom is 0.422 e. The summed E-state index contributed by atoms with van der Waals surface area (Å²) in [4.78, 5) is 25.2. The van der Waals surface area contributed by atoms with Crippen molar-refractivity contribution in [1.29, 1.82) is 0 Å². The van der Waals surface area contributed by atoms with E-state index in [1.54, 1.807) is 20.8 Å². The fourth-order valence-electron chi connectivity index (χ4n) is 4.07. The van der Waals surface area contributed by atoms with Crippen LogP contribution >= 0.6 is 0 Å². The van der Waals surface area contributed by atoms with Crippen LogP contribution in [0, 0.1) is 0 Å². The summed E-state index contributed by atoms with van der Waals surface area (Å²) in [5, 5.41) is 14.5. The minimum atomic E-state index is -1.17. The number of benzene rings is 3. The van der Waals surface area contributed by atoms with E-state index in [0.717, 1.165) is 16.7 Å². The maximum absolute atomic E-state index is 13.1. The fraction of sp³-hybridized carbons (Fsp3) is 0.333. The molecule has 38 heavy (non-hydrogen) atoms. The number of nitrogens with one attached hydrogen (secondary N) is 3. The molecule has 0 bridgehead atoms. The van der Waals surface area contributed by atoms with Crippen molar-refractivity contribution >= 4 is 12.2 Å². The summed E-state index contributed by atoms with van der Waals surface area (Å²) in [5.74, 6) is 0. The molecule has 0 unspecified atom stereocenters. The highest BCUT2D eigenvalue weighted by Crippen LogP contribution is 2.24. The van der Waals surface area contributed by atoms with Crippen LogP contribution in [0.1, 0.15) is 37.5 Å². The summed E-state index contributed by atoms with van der Waals surface area (Å²) in [7, 11) is 0. The molecule has 0 aliphatic rings. The SMILES string of the molecule is CC(C)(C)OC(=O)NNC[C@H](O)C(Cc1ccccc1)(Cc1ccccc1)NC(=O)OCc1ccccc1. The average molecular weight is 520 g/mol. The molecule has 0 radical (unpaired) electrons. The first-order valence-electron chi connectivity index (χ1n) is 12.6. The molecule has 8 heteroatoms. The summed E-state index contributed by atoms with van der Waals surface area (Å²) in [6.07, 6.45) is -1.81. The Hall–Kier alpha value is -3.88. The normalized spacial score (nSPS) is 12.3. The Morgan fingerprint density at radius 3 is 1.71 bits per heavy atom. The number of alkyl carbamates (subject to hydrolysis) is 1. The van der Waals surface area contributed by atoms with Gasteiger partial charge in [-0.3, -0.25) is 5.43 Å². The van der Waals surface area contributed by atoms with Crippen LogP contribution in [0.25, 0.3) is 0 Å². The van der Waals surface area contributed by atoms with Crippen LogP contribution in [0.2, 0.25) is 0 Å². The highest BCUT2D eigenvalue weighted by molar-refractivity contribution is 5.69. The zero-order chi connectivity index (χ0) is 27.4. The highest BCUT2D eigenvalue weighted by Gasteiger charge is 2.40. The third kappa shape index (κ3) is 9.53. The summed E-state index contributed by atoms with van der Waals surface area (Å²) >= 11 is 0. The van der Waals surface area contributed by atoms with Gasteiger partial charge in [0.1, 0.15) is 12.2 Å². The van der Waals surface area contributed by atoms with Gasteiger partial charge in [-0.25, -0.2) is 15.0 Å². The Bertz CT molecular complexity index is 1090. The van der Waals surface area contributed by atoms with E-state index in [9.17, 15) is 14.7 Å². The Morgan fingerprint density at radius 1 is 0.763 bits per heavy atom. The van der Waals surface area contributed by atoms with Crippen molar-refractivity contribution in [3.63, 3.8) is 0 Å². The van der Waals surface area contributed by atoms with Crippen molar-refractivity contribution in [2.75, 3.05) is 6.54 Å². The topological polar surface area (TPSA) is 109 Å². The lowest BCUT2D eigenvalue weighted by Gasteiger charge is -2.39. The first-order chi connectivity index (χ1) is 18.2. The first-order valence-corrected chi connectivity index (χ1v) is 12.6. The van der Waals surface area contributed by atoms with Gasteiger partial charge in [0.15, 0.2) is 0 Å². The lowest BCUT2D eigenvalue weighted by Crippen LogP contribution is -2.63. The molecule has 4 N–H and O–H groups in total. The molecule has 3 rings (SSSR count). The van der Waals surface area contributed by atoms with Crippen molar-refractivity contribution in [3.05, 3.63) is 108 Å². The molecule has 0 saturated carbocycles. The molecule has 0 aliphatic heterocycles. The lowest BCUT2D eigenvalue weighted by molar-refractivity contribution is 0.0361. The number of hydrogen-bond donors (Lipinski definition) is 4. The number of carbonyl (C=O) groups is 2. The van der Waals surface area contributed by atoms with Gasteiger partial charge in [0.2, 0.25) is 0 Å². The van der Waals surface area contributed by atoms with E-state index < -0.39 is 29.4 Å². The van der Waals surface area contributed by atoms with E-state index in [4.69, 9.17) is 9.47 Å². The van der Waals surface area contributed by atoms with Gasteiger partial charge < -0.3 is 19.9 Å². The minimum Gasteiger partial charge on any atom is -0.445 e. The summed E-state index contributed by atoms with van der Waals surface area (Å²) in [6, 6.07) is 28.6. The fourth-order valence-corrected chi connectivity index (χ4v) is 4.07. The summed E-state index contributed by atoms with van der Waals surface area (Å²) in [5.41, 5.74) is 6.06. The van der Waals surface area contributed by atoms with E-state index in [0.29, 0.717) is 12.8 Å². The van der Waals surface area contributed by atoms with Gasteiger partial charge in [0, 0.05) is 6.54 Å². The third-order valence-electron chi connectivity index (χ3n) is 5.81. The molecule has 3 aromatic carbocycles. The van der Waals surface area contributed by atoms with Gasteiger partial charge in [0.05, 0.1) is 11.6 Å². The molecule has 0 spiro atoms. The van der Waals surface area contributed by atoms with Gasteiger partial charge in [-0.05, 0) is 50.3 Å². The van der Waals surface area contributed by atoms with E-state index in [1.165, 1.54) is 0 Å². The molecule has 0 fully saturated rings. The smallest absolute Gasteiger partial charge is 0.422 e. The Labute approximate surface area is 224 Å². The second-order valence-electron chi connectivity index (χ2n) is 10.2. The zero-order valence-electron chi connectivity index (χ0n) is 22.1. The average Bonchev–Trinajstić information content (AvgIpc) is 2.88. The molecule has 8 nitrogen and oxygen atoms in total. The molecule has 0 aromatic heterocycles. The van der Waals surface area contributed by atoms with Gasteiger partial charge >= 0.3 is 12.2 Å². The van der Waals surface area contributed by atoms with Crippen LogP contribution in [0.4, 0.5) is 9.59 Å². The van der Waals surface area contributed by atoms with Gasteiger partial charge in [-0.1, -0.05) is 91.0 Å². The second kappa shape index (κ2) is 13.6. The summed E-state index contributed by atoms with van der Waals surface area (Å²) in [6.45, 7) is 5.32. The lowest BCUT2D eigenvalue weighted by atomic mass is 9.80. The molecule has 0 saturated heterocycles. The van der Waals surface area contributed by atoms with Crippen molar-refractivity contribution in [2.45, 2.75) is 57.5 Å². The molecular formula is C30H37N3O5. The number of amides is 2. The van der Waals surface area contributed by atoms with E-state index in [-0.39, 0.29) is 13.2 Å². The standard InChI is InChI=1S/C30H37N3O5/c1-29(2,3)38-28(36)33-31-21-26(34)30(19-23-13-7-4-8-14-23,20-24-15-9-5-10-16-24)32-27(35)37-22-25-17-11-6-12-18-25/h4-18,26,31,34H,19-22H2,1-3H3,(H,32,35)(H,33,36)/t26-/m0/s1. The molecule has 202 valence electrons. The predicted octanol–water partition coefficient (Wildman–Crippen LogP) is 4.53. The number of ether oxygens (including phenoxy) is 2. The quantitative estimate of drug-likeness (QED) is 0.277. The Morgan fingerprint density at radius 2 is 1.24 bits per heavy atom. The van der Waals surface area contributed by atoms with Crippen molar-refractivity contribution in [1.82, 2.24) is 16.2 Å². The van der Waals surface area contributed by atoms with E-state index >= 15 is 0 Å². The molecular weight excluding hydrogens is 482 g/mol. The molecule has 1 atom stereocenters. The molecule has 3 aromatic rings. The van der Waals surface area contributed by atoms with Crippen LogP contribution in [-0.4, -0.2) is 41.1 Å². The predicted molar refractivity (Wildman–Crippen MR) is 146 cm³/mol. The van der Waals surface area contributed by atoms with Crippen molar-refractivity contribution < 1.29 is 24.2 Å². The number of aliphatic hydroxyl groups is 1. The van der Waals surface area contributed by atoms with Crippen molar-refractivity contribution in [2.24, 2.45) is 0 Å². The zero-order valence-corrected chi connectivity index (χ0v) is 22.1. The highest BCUT2D eigenvalue weighted by atomic mass is 16.6. The summed E-state index contributed by atoms with van der Waals surface area (Å²) < 4.78 is 10.8. The molecule has 2 amide bonds. The first kappa shape index (κ1) is 28.7. The number of hydrazine groups is 1. The maximum atomic E-state index is 13.1. The molecule has 0 heterocycles. The van der Waals surface area contributed by atoms with E-state index in [2.05, 4.69) is 16.2 Å². The Kier molecular flexibility index (Phi) is 10.3.